The highest BCUT2D eigenvalue weighted by Gasteiger charge is 2.10. The van der Waals surface area contributed by atoms with Crippen LogP contribution < -0.4 is 5.43 Å². The number of halogens is 2. The second-order valence-corrected chi connectivity index (χ2v) is 7.07. The van der Waals surface area contributed by atoms with E-state index in [0.717, 1.165) is 22.4 Å². The van der Waals surface area contributed by atoms with E-state index in [4.69, 9.17) is 0 Å². The summed E-state index contributed by atoms with van der Waals surface area (Å²) in [5.41, 5.74) is 4.99. The highest BCUT2D eigenvalue weighted by atomic mass is 79.9. The number of fused-ring (bicyclic) bond motifs is 1. The van der Waals surface area contributed by atoms with Crippen LogP contribution in [0.1, 0.15) is 11.4 Å². The summed E-state index contributed by atoms with van der Waals surface area (Å²) in [6.07, 6.45) is 1.51. The number of hydrogen-bond acceptors (Lipinski definition) is 4. The zero-order valence-electron chi connectivity index (χ0n) is 13.2. The molecule has 128 valence electrons. The van der Waals surface area contributed by atoms with E-state index in [2.05, 4.69) is 47.4 Å². The SMILES string of the molecule is Cc1nc2ccccc2n1CC(=O)NN=Cc1cc(Br)c(O)c(Br)c1. The molecule has 2 N–H and O–H groups in total. The molecule has 0 radical (unpaired) electrons. The molecule has 0 fully saturated rings. The molecule has 1 amide bonds. The first-order valence-electron chi connectivity index (χ1n) is 7.37. The minimum atomic E-state index is -0.251. The lowest BCUT2D eigenvalue weighted by Gasteiger charge is -2.05. The number of hydrogen-bond donors (Lipinski definition) is 2. The molecule has 25 heavy (non-hydrogen) atoms. The lowest BCUT2D eigenvalue weighted by Crippen LogP contribution is -2.23. The summed E-state index contributed by atoms with van der Waals surface area (Å²) in [5, 5.41) is 13.6. The third-order valence-corrected chi connectivity index (χ3v) is 4.80. The molecule has 0 bridgehead atoms. The number of para-hydroxylation sites is 2. The molecule has 3 aromatic rings. The molecule has 0 saturated heterocycles. The molecule has 0 atom stereocenters. The van der Waals surface area contributed by atoms with Gasteiger partial charge < -0.3 is 9.67 Å². The average molecular weight is 466 g/mol. The molecule has 3 rings (SSSR count). The number of carbonyl (C=O) groups is 1. The van der Waals surface area contributed by atoms with Gasteiger partial charge in [-0.3, -0.25) is 4.79 Å². The molecule has 0 aliphatic carbocycles. The number of aromatic nitrogens is 2. The second-order valence-electron chi connectivity index (χ2n) is 5.36. The van der Waals surface area contributed by atoms with Gasteiger partial charge in [0, 0.05) is 0 Å². The third kappa shape index (κ3) is 3.91. The summed E-state index contributed by atoms with van der Waals surface area (Å²) >= 11 is 6.50. The van der Waals surface area contributed by atoms with Crippen LogP contribution in [0, 0.1) is 6.92 Å². The fraction of sp³-hybridized carbons (Fsp3) is 0.118. The quantitative estimate of drug-likeness (QED) is 0.455. The first kappa shape index (κ1) is 17.6. The highest BCUT2D eigenvalue weighted by Crippen LogP contribution is 2.32. The number of hydrazone groups is 1. The van der Waals surface area contributed by atoms with Crippen molar-refractivity contribution in [2.24, 2.45) is 5.10 Å². The molecule has 0 aliphatic rings. The number of amides is 1. The molecule has 1 aromatic heterocycles. The zero-order chi connectivity index (χ0) is 18.0. The lowest BCUT2D eigenvalue weighted by atomic mass is 10.2. The smallest absolute Gasteiger partial charge is 0.260 e. The second kappa shape index (κ2) is 7.37. The van der Waals surface area contributed by atoms with E-state index in [-0.39, 0.29) is 18.2 Å². The van der Waals surface area contributed by atoms with Crippen molar-refractivity contribution in [3.63, 3.8) is 0 Å². The van der Waals surface area contributed by atoms with E-state index >= 15 is 0 Å². The van der Waals surface area contributed by atoms with Gasteiger partial charge in [-0.1, -0.05) is 12.1 Å². The zero-order valence-corrected chi connectivity index (χ0v) is 16.4. The van der Waals surface area contributed by atoms with Crippen LogP contribution in [0.5, 0.6) is 5.75 Å². The molecule has 6 nitrogen and oxygen atoms in total. The molecular weight excluding hydrogens is 452 g/mol. The van der Waals surface area contributed by atoms with E-state index < -0.39 is 0 Å². The molecule has 0 saturated carbocycles. The van der Waals surface area contributed by atoms with Crippen molar-refractivity contribution >= 4 is 55.0 Å². The van der Waals surface area contributed by atoms with Crippen molar-refractivity contribution in [1.29, 1.82) is 0 Å². The van der Waals surface area contributed by atoms with Crippen molar-refractivity contribution in [2.75, 3.05) is 0 Å². The van der Waals surface area contributed by atoms with Crippen LogP contribution in [-0.4, -0.2) is 26.8 Å². The Hall–Kier alpha value is -2.19. The van der Waals surface area contributed by atoms with E-state index in [9.17, 15) is 9.90 Å². The summed E-state index contributed by atoms with van der Waals surface area (Å²) < 4.78 is 2.92. The van der Waals surface area contributed by atoms with Gasteiger partial charge in [-0.25, -0.2) is 10.4 Å². The number of rotatable bonds is 4. The summed E-state index contributed by atoms with van der Waals surface area (Å²) in [6.45, 7) is 1.99. The Balaban J connectivity index is 1.69. The van der Waals surface area contributed by atoms with E-state index in [1.54, 1.807) is 12.1 Å². The van der Waals surface area contributed by atoms with Crippen LogP contribution in [-0.2, 0) is 11.3 Å². The Bertz CT molecular complexity index is 959. The van der Waals surface area contributed by atoms with E-state index in [1.165, 1.54) is 6.21 Å². The third-order valence-electron chi connectivity index (χ3n) is 3.59. The number of phenols is 1. The van der Waals surface area contributed by atoms with Gasteiger partial charge in [-0.05, 0) is 68.6 Å². The highest BCUT2D eigenvalue weighted by molar-refractivity contribution is 9.11. The van der Waals surface area contributed by atoms with Gasteiger partial charge in [-0.2, -0.15) is 5.10 Å². The van der Waals surface area contributed by atoms with Crippen molar-refractivity contribution in [2.45, 2.75) is 13.5 Å². The number of aromatic hydroxyl groups is 1. The number of benzene rings is 2. The van der Waals surface area contributed by atoms with Gasteiger partial charge in [0.1, 0.15) is 18.1 Å². The molecule has 1 heterocycles. The maximum Gasteiger partial charge on any atom is 0.260 e. The molecule has 0 unspecified atom stereocenters. The van der Waals surface area contributed by atoms with Crippen LogP contribution in [0.15, 0.2) is 50.4 Å². The Morgan fingerprint density at radius 2 is 2.00 bits per heavy atom. The first-order chi connectivity index (χ1) is 12.0. The number of nitrogens with one attached hydrogen (secondary N) is 1. The summed E-state index contributed by atoms with van der Waals surface area (Å²) in [7, 11) is 0. The Morgan fingerprint density at radius 3 is 2.72 bits per heavy atom. The fourth-order valence-electron chi connectivity index (χ4n) is 2.41. The van der Waals surface area contributed by atoms with Crippen molar-refractivity contribution in [1.82, 2.24) is 15.0 Å². The number of nitrogens with zero attached hydrogens (tertiary/aromatic N) is 3. The number of phenolic OH excluding ortho intramolecular Hbond substituents is 1. The molecule has 0 aliphatic heterocycles. The fourth-order valence-corrected chi connectivity index (χ4v) is 3.63. The standard InChI is InChI=1S/C17H14Br2N4O2/c1-10-21-14-4-2-3-5-15(14)23(10)9-16(24)22-20-8-11-6-12(18)17(25)13(19)7-11/h2-8,25H,9H2,1H3,(H,22,24). The summed E-state index contributed by atoms with van der Waals surface area (Å²) in [6, 6.07) is 11.1. The lowest BCUT2D eigenvalue weighted by molar-refractivity contribution is -0.121. The molecule has 2 aromatic carbocycles. The summed E-state index contributed by atoms with van der Waals surface area (Å²) in [5.74, 6) is 0.634. The maximum absolute atomic E-state index is 12.2. The van der Waals surface area contributed by atoms with Gasteiger partial charge in [-0.15, -0.1) is 0 Å². The minimum Gasteiger partial charge on any atom is -0.506 e. The molecular formula is C17H14Br2N4O2. The van der Waals surface area contributed by atoms with E-state index in [0.29, 0.717) is 8.95 Å². The van der Waals surface area contributed by atoms with Crippen LogP contribution in [0.2, 0.25) is 0 Å². The van der Waals surface area contributed by atoms with Gasteiger partial charge in [0.15, 0.2) is 0 Å². The van der Waals surface area contributed by atoms with Gasteiger partial charge in [0.25, 0.3) is 5.91 Å². The largest absolute Gasteiger partial charge is 0.506 e. The van der Waals surface area contributed by atoms with Crippen molar-refractivity contribution in [3.8, 4) is 5.75 Å². The Kier molecular flexibility index (Phi) is 5.19. The van der Waals surface area contributed by atoms with Gasteiger partial charge in [0.2, 0.25) is 0 Å². The maximum atomic E-state index is 12.2. The number of carbonyl (C=O) groups excluding carboxylic acids is 1. The number of aryl methyl sites for hydroxylation is 1. The Morgan fingerprint density at radius 1 is 1.32 bits per heavy atom. The van der Waals surface area contributed by atoms with Crippen LogP contribution in [0.25, 0.3) is 11.0 Å². The van der Waals surface area contributed by atoms with Crippen LogP contribution in [0.3, 0.4) is 0 Å². The molecule has 0 spiro atoms. The van der Waals surface area contributed by atoms with Crippen molar-refractivity contribution in [3.05, 3.63) is 56.7 Å². The Labute approximate surface area is 160 Å². The predicted molar refractivity (Wildman–Crippen MR) is 104 cm³/mol. The van der Waals surface area contributed by atoms with Crippen molar-refractivity contribution < 1.29 is 9.90 Å². The minimum absolute atomic E-state index is 0.114. The van der Waals surface area contributed by atoms with Gasteiger partial charge >= 0.3 is 0 Å². The monoisotopic (exact) mass is 464 g/mol. The molecule has 8 heteroatoms. The first-order valence-corrected chi connectivity index (χ1v) is 8.96. The topological polar surface area (TPSA) is 79.5 Å². The average Bonchev–Trinajstić information content (AvgIpc) is 2.88. The van der Waals surface area contributed by atoms with Crippen LogP contribution in [0.4, 0.5) is 0 Å². The predicted octanol–water partition coefficient (Wildman–Crippen LogP) is 3.73. The number of imidazole rings is 1. The van der Waals surface area contributed by atoms with Gasteiger partial charge in [0.05, 0.1) is 26.2 Å². The summed E-state index contributed by atoms with van der Waals surface area (Å²) in [4.78, 5) is 16.6. The van der Waals surface area contributed by atoms with E-state index in [1.807, 2.05) is 35.8 Å². The van der Waals surface area contributed by atoms with Crippen LogP contribution >= 0.6 is 31.9 Å². The normalized spacial score (nSPS) is 11.3.